The molecule has 2 aromatic rings. The zero-order chi connectivity index (χ0) is 11.8. The van der Waals surface area contributed by atoms with Gasteiger partial charge in [-0.1, -0.05) is 6.92 Å². The molecular weight excluding hydrogens is 216 g/mol. The van der Waals surface area contributed by atoms with Crippen molar-refractivity contribution in [2.75, 3.05) is 0 Å². The van der Waals surface area contributed by atoms with E-state index in [2.05, 4.69) is 22.2 Å². The van der Waals surface area contributed by atoms with Crippen LogP contribution in [0.2, 0.25) is 0 Å². The molecule has 2 aromatic heterocycles. The smallest absolute Gasteiger partial charge is 0.211 e. The van der Waals surface area contributed by atoms with E-state index in [1.165, 1.54) is 19.0 Å². The van der Waals surface area contributed by atoms with Crippen molar-refractivity contribution in [2.45, 2.75) is 38.6 Å². The van der Waals surface area contributed by atoms with Crippen LogP contribution in [-0.4, -0.2) is 20.0 Å². The monoisotopic (exact) mass is 232 g/mol. The largest absolute Gasteiger partial charge is 0.287 e. The van der Waals surface area contributed by atoms with Gasteiger partial charge in [0.25, 0.3) is 0 Å². The minimum atomic E-state index is -0.0609. The molecule has 5 nitrogen and oxygen atoms in total. The summed E-state index contributed by atoms with van der Waals surface area (Å²) < 4.78 is 1.94. The number of nitrogens with zero attached hydrogens (tertiary/aromatic N) is 3. The summed E-state index contributed by atoms with van der Waals surface area (Å²) in [4.78, 5) is 11.6. The molecule has 0 atom stereocenters. The maximum atomic E-state index is 11.6. The summed E-state index contributed by atoms with van der Waals surface area (Å²) in [5, 5.41) is 11.7. The first-order chi connectivity index (χ1) is 8.25. The third-order valence-electron chi connectivity index (χ3n) is 3.74. The van der Waals surface area contributed by atoms with Gasteiger partial charge in [-0.3, -0.25) is 9.89 Å². The van der Waals surface area contributed by atoms with Crippen LogP contribution in [0.4, 0.5) is 0 Å². The highest BCUT2D eigenvalue weighted by Crippen LogP contribution is 2.32. The van der Waals surface area contributed by atoms with Gasteiger partial charge >= 0.3 is 0 Å². The lowest BCUT2D eigenvalue weighted by Gasteiger charge is -2.26. The highest BCUT2D eigenvalue weighted by molar-refractivity contribution is 5.73. The average molecular weight is 232 g/mol. The third-order valence-corrected chi connectivity index (χ3v) is 3.74. The van der Waals surface area contributed by atoms with E-state index in [0.29, 0.717) is 11.4 Å². The van der Waals surface area contributed by atoms with Gasteiger partial charge < -0.3 is 0 Å². The molecule has 1 N–H and O–H groups in total. The molecule has 1 saturated carbocycles. The number of hydrogen-bond donors (Lipinski definition) is 1. The Morgan fingerprint density at radius 2 is 2.06 bits per heavy atom. The molecule has 90 valence electrons. The van der Waals surface area contributed by atoms with Crippen LogP contribution < -0.4 is 5.43 Å². The van der Waals surface area contributed by atoms with Crippen LogP contribution >= 0.6 is 0 Å². The van der Waals surface area contributed by atoms with Gasteiger partial charge in [0.1, 0.15) is 0 Å². The first-order valence-corrected chi connectivity index (χ1v) is 6.16. The van der Waals surface area contributed by atoms with Gasteiger partial charge in [0.2, 0.25) is 5.43 Å². The summed E-state index contributed by atoms with van der Waals surface area (Å²) >= 11 is 0. The molecule has 5 heteroatoms. The third kappa shape index (κ3) is 1.75. The fourth-order valence-corrected chi connectivity index (χ4v) is 2.64. The van der Waals surface area contributed by atoms with Crippen molar-refractivity contribution < 1.29 is 0 Å². The summed E-state index contributed by atoms with van der Waals surface area (Å²) in [7, 11) is 0. The Kier molecular flexibility index (Phi) is 2.46. The highest BCUT2D eigenvalue weighted by atomic mass is 16.1. The van der Waals surface area contributed by atoms with E-state index in [4.69, 9.17) is 0 Å². The van der Waals surface area contributed by atoms with Gasteiger partial charge in [-0.15, -0.1) is 0 Å². The summed E-state index contributed by atoms with van der Waals surface area (Å²) in [6.07, 6.45) is 7.68. The molecule has 0 bridgehead atoms. The van der Waals surface area contributed by atoms with E-state index in [0.717, 1.165) is 24.4 Å². The number of aromatic nitrogens is 4. The number of aromatic amines is 1. The summed E-state index contributed by atoms with van der Waals surface area (Å²) in [6, 6.07) is 0.406. The van der Waals surface area contributed by atoms with Crippen LogP contribution in [0.15, 0.2) is 17.2 Å². The van der Waals surface area contributed by atoms with Gasteiger partial charge in [0.05, 0.1) is 23.8 Å². The van der Waals surface area contributed by atoms with Gasteiger partial charge in [-0.25, -0.2) is 4.68 Å². The summed E-state index contributed by atoms with van der Waals surface area (Å²) in [5.74, 6) is 0.810. The van der Waals surface area contributed by atoms with Crippen molar-refractivity contribution >= 4 is 11.0 Å². The van der Waals surface area contributed by atoms with Crippen LogP contribution in [0.5, 0.6) is 0 Å². The predicted octanol–water partition coefficient (Wildman–Crippen LogP) is 1.87. The van der Waals surface area contributed by atoms with Crippen molar-refractivity contribution in [3.8, 4) is 0 Å². The SMILES string of the molecule is CC1CCC(n2ncc3c(=O)cn[nH]c32)CC1. The van der Waals surface area contributed by atoms with Crippen molar-refractivity contribution in [1.29, 1.82) is 0 Å². The van der Waals surface area contributed by atoms with E-state index in [-0.39, 0.29) is 5.43 Å². The van der Waals surface area contributed by atoms with Crippen LogP contribution in [0.25, 0.3) is 11.0 Å². The summed E-state index contributed by atoms with van der Waals surface area (Å²) in [6.45, 7) is 2.29. The fourth-order valence-electron chi connectivity index (χ4n) is 2.64. The van der Waals surface area contributed by atoms with Gasteiger partial charge in [0.15, 0.2) is 5.65 Å². The second kappa shape index (κ2) is 3.98. The molecule has 17 heavy (non-hydrogen) atoms. The zero-order valence-electron chi connectivity index (χ0n) is 9.89. The number of rotatable bonds is 1. The molecule has 1 fully saturated rings. The Morgan fingerprint density at radius 1 is 1.29 bits per heavy atom. The topological polar surface area (TPSA) is 63.6 Å². The van der Waals surface area contributed by atoms with Crippen LogP contribution in [-0.2, 0) is 0 Å². The Bertz CT molecular complexity index is 577. The number of hydrogen-bond acceptors (Lipinski definition) is 3. The van der Waals surface area contributed by atoms with Crippen LogP contribution in [0.3, 0.4) is 0 Å². The normalized spacial score (nSPS) is 25.2. The Morgan fingerprint density at radius 3 is 2.82 bits per heavy atom. The van der Waals surface area contributed by atoms with E-state index >= 15 is 0 Å². The molecule has 0 aliphatic heterocycles. The fraction of sp³-hybridized carbons (Fsp3) is 0.583. The first kappa shape index (κ1) is 10.5. The quantitative estimate of drug-likeness (QED) is 0.816. The standard InChI is InChI=1S/C12H16N4O/c1-8-2-4-9(5-3-8)16-12-10(6-14-16)11(17)7-13-15-12/h6-9H,2-5H2,1H3,(H,15,17). The lowest BCUT2D eigenvalue weighted by Crippen LogP contribution is -2.18. The maximum absolute atomic E-state index is 11.6. The zero-order valence-corrected chi connectivity index (χ0v) is 9.89. The second-order valence-electron chi connectivity index (χ2n) is 5.00. The molecule has 3 rings (SSSR count). The molecule has 0 saturated heterocycles. The molecule has 0 unspecified atom stereocenters. The molecule has 1 aliphatic rings. The lowest BCUT2D eigenvalue weighted by atomic mass is 9.87. The van der Waals surface area contributed by atoms with Crippen LogP contribution in [0.1, 0.15) is 38.6 Å². The summed E-state index contributed by atoms with van der Waals surface area (Å²) in [5.41, 5.74) is 0.700. The molecule has 0 aromatic carbocycles. The van der Waals surface area contributed by atoms with Crippen molar-refractivity contribution in [2.24, 2.45) is 5.92 Å². The maximum Gasteiger partial charge on any atom is 0.211 e. The van der Waals surface area contributed by atoms with Gasteiger partial charge in [-0.05, 0) is 31.6 Å². The molecule has 0 radical (unpaired) electrons. The minimum absolute atomic E-state index is 0.0609. The molecule has 2 heterocycles. The van der Waals surface area contributed by atoms with Crippen molar-refractivity contribution in [3.63, 3.8) is 0 Å². The molecular formula is C12H16N4O. The average Bonchev–Trinajstić information content (AvgIpc) is 2.75. The molecule has 0 spiro atoms. The highest BCUT2D eigenvalue weighted by Gasteiger charge is 2.22. The van der Waals surface area contributed by atoms with E-state index in [1.54, 1.807) is 6.20 Å². The van der Waals surface area contributed by atoms with Gasteiger partial charge in [-0.2, -0.15) is 10.2 Å². The number of nitrogens with one attached hydrogen (secondary N) is 1. The van der Waals surface area contributed by atoms with E-state index in [9.17, 15) is 4.79 Å². The Balaban J connectivity index is 2.01. The second-order valence-corrected chi connectivity index (χ2v) is 5.00. The molecule has 0 amide bonds. The minimum Gasteiger partial charge on any atom is -0.287 e. The lowest BCUT2D eigenvalue weighted by molar-refractivity contribution is 0.278. The first-order valence-electron chi connectivity index (χ1n) is 6.16. The molecule has 1 aliphatic carbocycles. The van der Waals surface area contributed by atoms with E-state index < -0.39 is 0 Å². The van der Waals surface area contributed by atoms with E-state index in [1.807, 2.05) is 4.68 Å². The van der Waals surface area contributed by atoms with Gasteiger partial charge in [0, 0.05) is 0 Å². The van der Waals surface area contributed by atoms with Crippen molar-refractivity contribution in [3.05, 3.63) is 22.6 Å². The Hall–Kier alpha value is -1.65. The number of fused-ring (bicyclic) bond motifs is 1. The number of H-pyrrole nitrogens is 1. The van der Waals surface area contributed by atoms with Crippen LogP contribution in [0, 0.1) is 5.92 Å². The van der Waals surface area contributed by atoms with Crippen molar-refractivity contribution in [1.82, 2.24) is 20.0 Å². The predicted molar refractivity (Wildman–Crippen MR) is 64.8 cm³/mol. The Labute approximate surface area is 98.8 Å².